The van der Waals surface area contributed by atoms with Gasteiger partial charge in [-0.2, -0.15) is 0 Å². The van der Waals surface area contributed by atoms with Gasteiger partial charge in [0.05, 0.1) is 28.5 Å². The molecule has 0 aliphatic rings. The van der Waals surface area contributed by atoms with E-state index in [-0.39, 0.29) is 55.1 Å². The van der Waals surface area contributed by atoms with Crippen LogP contribution in [0.2, 0.25) is 0 Å². The molecule has 0 aliphatic heterocycles. The Kier molecular flexibility index (Phi) is 39.2. The molecule has 6 aromatic rings. The number of likely N-dealkylation sites (N-methyl/N-ethyl adjacent to an activating group) is 1. The molecule has 97 heavy (non-hydrogen) atoms. The van der Waals surface area contributed by atoms with Gasteiger partial charge in [-0.3, -0.25) is 24.5 Å². The molecule has 0 saturated carbocycles. The Bertz CT molecular complexity index is 3070. The SMILES string of the molecule is C=CC(=O)N(CC)CC(C)(C)C.C=CCN(CC(C)(C)C)C(=O)C=C.C=Cc1cc(C(C)(C)C)ccn1.C=Cc1cc(C(C)(C)C)ncn1.C=Cc1cccc(C(C)(C)C)n1.C=Cc1ccnc(C(C)(C)C)n1.C=Cc1nccc(C(C)(C)C)n1.C=Cc1ncccc1C(C)(C)C. The van der Waals surface area contributed by atoms with Crippen molar-refractivity contribution in [1.82, 2.24) is 54.7 Å². The average molecular weight is 1320 g/mol. The van der Waals surface area contributed by atoms with Crippen LogP contribution in [-0.4, -0.2) is 92.6 Å². The number of carbonyl (C=O) groups is 2. The van der Waals surface area contributed by atoms with E-state index in [9.17, 15) is 9.59 Å². The number of amides is 2. The summed E-state index contributed by atoms with van der Waals surface area (Å²) in [5.41, 5.74) is 11.3. The van der Waals surface area contributed by atoms with Crippen molar-refractivity contribution in [1.29, 1.82) is 0 Å². The number of hydrogen-bond acceptors (Lipinski definition) is 11. The molecule has 13 heteroatoms. The van der Waals surface area contributed by atoms with E-state index < -0.39 is 0 Å². The van der Waals surface area contributed by atoms with Crippen molar-refractivity contribution in [2.75, 3.05) is 26.2 Å². The third-order valence-corrected chi connectivity index (χ3v) is 13.3. The summed E-state index contributed by atoms with van der Waals surface area (Å²) >= 11 is 0. The first-order valence-corrected chi connectivity index (χ1v) is 33.1. The number of aromatic nitrogens is 9. The van der Waals surface area contributed by atoms with Crippen molar-refractivity contribution in [3.63, 3.8) is 0 Å². The van der Waals surface area contributed by atoms with Crippen LogP contribution in [0, 0.1) is 10.8 Å². The molecule has 6 rings (SSSR count). The second kappa shape index (κ2) is 42.1. The number of pyridine rings is 3. The third kappa shape index (κ3) is 39.2. The van der Waals surface area contributed by atoms with Crippen molar-refractivity contribution >= 4 is 48.3 Å². The minimum Gasteiger partial charge on any atom is -0.339 e. The highest BCUT2D eigenvalue weighted by Crippen LogP contribution is 2.26. The lowest BCUT2D eigenvalue weighted by Crippen LogP contribution is -2.36. The van der Waals surface area contributed by atoms with Gasteiger partial charge >= 0.3 is 0 Å². The zero-order chi connectivity index (χ0) is 75.4. The van der Waals surface area contributed by atoms with Crippen LogP contribution in [-0.2, 0) is 42.1 Å². The highest BCUT2D eigenvalue weighted by molar-refractivity contribution is 5.87. The molecule has 6 heterocycles. The number of hydrogen-bond donors (Lipinski definition) is 0. The van der Waals surface area contributed by atoms with E-state index in [1.807, 2.05) is 61.7 Å². The molecule has 0 fully saturated rings. The summed E-state index contributed by atoms with van der Waals surface area (Å²) in [7, 11) is 0. The van der Waals surface area contributed by atoms with Crippen LogP contribution < -0.4 is 0 Å². The fourth-order valence-electron chi connectivity index (χ4n) is 7.99. The quantitative estimate of drug-likeness (QED) is 0.0801. The minimum absolute atomic E-state index is 0.0129. The molecule has 0 N–H and O–H groups in total. The van der Waals surface area contributed by atoms with Crippen molar-refractivity contribution < 1.29 is 9.59 Å². The molecule has 13 nitrogen and oxygen atoms in total. The van der Waals surface area contributed by atoms with Gasteiger partial charge in [0.25, 0.3) is 0 Å². The van der Waals surface area contributed by atoms with Crippen LogP contribution in [0.3, 0.4) is 0 Å². The maximum atomic E-state index is 11.3. The maximum Gasteiger partial charge on any atom is 0.246 e. The summed E-state index contributed by atoms with van der Waals surface area (Å²) in [6.07, 6.45) is 23.7. The smallest absolute Gasteiger partial charge is 0.246 e. The predicted molar refractivity (Wildman–Crippen MR) is 420 cm³/mol. The maximum absolute atomic E-state index is 11.3. The molecule has 0 atom stereocenters. The molecule has 2 amide bonds. The first-order chi connectivity index (χ1) is 44.5. The Morgan fingerprint density at radius 3 is 1.32 bits per heavy atom. The summed E-state index contributed by atoms with van der Waals surface area (Å²) in [6, 6.07) is 20.0. The van der Waals surface area contributed by atoms with Crippen LogP contribution in [0.25, 0.3) is 36.5 Å². The van der Waals surface area contributed by atoms with Gasteiger partial charge in [-0.1, -0.05) is 237 Å². The Labute approximate surface area is 589 Å². The van der Waals surface area contributed by atoms with Gasteiger partial charge < -0.3 is 9.80 Å². The van der Waals surface area contributed by atoms with E-state index in [1.54, 1.807) is 77.2 Å². The van der Waals surface area contributed by atoms with E-state index in [1.165, 1.54) is 23.3 Å². The molecular weight excluding hydrogens is 1190 g/mol. The van der Waals surface area contributed by atoms with Crippen molar-refractivity contribution in [2.45, 2.75) is 206 Å². The lowest BCUT2D eigenvalue weighted by atomic mass is 9.86. The van der Waals surface area contributed by atoms with Gasteiger partial charge in [0.1, 0.15) is 12.2 Å². The first-order valence-electron chi connectivity index (χ1n) is 33.1. The number of nitrogens with zero attached hydrogens (tertiary/aromatic N) is 11. The largest absolute Gasteiger partial charge is 0.339 e. The Balaban J connectivity index is 0. The molecular formula is C84H125N11O2. The van der Waals surface area contributed by atoms with Gasteiger partial charge in [0.15, 0.2) is 5.82 Å². The van der Waals surface area contributed by atoms with E-state index in [2.05, 4.69) is 282 Å². The normalized spacial score (nSPS) is 11.1. The molecule has 0 bridgehead atoms. The lowest BCUT2D eigenvalue weighted by Gasteiger charge is -2.28. The monoisotopic (exact) mass is 1320 g/mol. The molecule has 0 spiro atoms. The van der Waals surface area contributed by atoms with Crippen LogP contribution in [0.15, 0.2) is 169 Å². The summed E-state index contributed by atoms with van der Waals surface area (Å²) < 4.78 is 0. The van der Waals surface area contributed by atoms with Gasteiger partial charge in [-0.05, 0) is 137 Å². The number of carbonyl (C=O) groups excluding carboxylic acids is 2. The topological polar surface area (TPSA) is 157 Å². The average Bonchev–Trinajstić information content (AvgIpc) is 0.877. The Morgan fingerprint density at radius 2 is 0.887 bits per heavy atom. The first kappa shape index (κ1) is 90.3. The van der Waals surface area contributed by atoms with E-state index in [0.29, 0.717) is 12.4 Å². The molecule has 0 saturated heterocycles. The fraction of sp³-hybridized carbons (Fsp3) is 0.440. The van der Waals surface area contributed by atoms with Crippen LogP contribution in [0.1, 0.15) is 241 Å². The third-order valence-electron chi connectivity index (χ3n) is 13.3. The van der Waals surface area contributed by atoms with Crippen LogP contribution in [0.4, 0.5) is 0 Å². The van der Waals surface area contributed by atoms with Gasteiger partial charge in [-0.15, -0.1) is 6.58 Å². The fourth-order valence-corrected chi connectivity index (χ4v) is 7.99. The van der Waals surface area contributed by atoms with Crippen molar-refractivity contribution in [2.24, 2.45) is 10.8 Å². The van der Waals surface area contributed by atoms with Crippen molar-refractivity contribution in [3.05, 3.63) is 238 Å². The summed E-state index contributed by atoms with van der Waals surface area (Å²) in [6.45, 7) is 88.7. The Hall–Kier alpha value is -8.71. The molecule has 0 radical (unpaired) electrons. The van der Waals surface area contributed by atoms with Crippen molar-refractivity contribution in [3.8, 4) is 0 Å². The summed E-state index contributed by atoms with van der Waals surface area (Å²) in [5.74, 6) is 1.55. The zero-order valence-electron chi connectivity index (χ0n) is 64.8. The van der Waals surface area contributed by atoms with Gasteiger partial charge in [-0.25, -0.2) is 29.9 Å². The highest BCUT2D eigenvalue weighted by Gasteiger charge is 2.22. The molecule has 0 unspecified atom stereocenters. The second-order valence-electron chi connectivity index (χ2n) is 31.4. The molecule has 6 aromatic heterocycles. The Morgan fingerprint density at radius 1 is 0.402 bits per heavy atom. The minimum atomic E-state index is -0.0326. The van der Waals surface area contributed by atoms with E-state index in [4.69, 9.17) is 0 Å². The lowest BCUT2D eigenvalue weighted by molar-refractivity contribution is -0.127. The van der Waals surface area contributed by atoms with Crippen LogP contribution >= 0.6 is 0 Å². The summed E-state index contributed by atoms with van der Waals surface area (Å²) in [5, 5.41) is 0. The molecule has 528 valence electrons. The summed E-state index contributed by atoms with van der Waals surface area (Å²) in [4.78, 5) is 64.1. The highest BCUT2D eigenvalue weighted by atomic mass is 16.2. The standard InChI is InChI=1S/C11H19NO.3C11H15N.3C10H14N2.C10H19NO/c1-6-8-12(10(13)7-2)9-11(3,4)5;1-5-10-8-9(6-7-12-10)11(2,3)4;1-5-10-9(11(2,3)4)7-6-8-12-10;1-5-9-7-6-8-10(12-9)11(2,3)4;1-5-8-6-9(10(2,3)4)12-7-11-8;1-5-9-11-7-6-8(12-9)10(2,3)4;1-5-8-6-7-11-9(12-8)10(2,3)4;1-6-9(12)11(7-2)8-10(3,4)5/h6-7H,1-2,8-9H2,3-5H3;3*5-8H,1H2,2-4H3;3*5-7H,1H2,2-4H3;6H,1,7-8H2,2-5H3. The van der Waals surface area contributed by atoms with E-state index >= 15 is 0 Å². The van der Waals surface area contributed by atoms with Gasteiger partial charge in [0.2, 0.25) is 11.8 Å². The number of rotatable bonds is 13. The van der Waals surface area contributed by atoms with Crippen LogP contribution in [0.5, 0.6) is 0 Å². The zero-order valence-corrected chi connectivity index (χ0v) is 64.8. The molecule has 0 aliphatic carbocycles. The van der Waals surface area contributed by atoms with E-state index in [0.717, 1.165) is 71.0 Å². The van der Waals surface area contributed by atoms with Gasteiger partial charge in [0, 0.05) is 89.7 Å². The second-order valence-corrected chi connectivity index (χ2v) is 31.4. The predicted octanol–water partition coefficient (Wildman–Crippen LogP) is 20.6. The molecule has 0 aromatic carbocycles.